The molecule has 0 aliphatic heterocycles. The third kappa shape index (κ3) is 6.76. The Bertz CT molecular complexity index is 600. The Morgan fingerprint density at radius 2 is 1.30 bits per heavy atom. The molecule has 0 radical (unpaired) electrons. The molecule has 0 unspecified atom stereocenters. The molecule has 2 rings (SSSR count). The van der Waals surface area contributed by atoms with Crippen molar-refractivity contribution in [2.75, 3.05) is 13.2 Å². The first-order valence-corrected chi connectivity index (χ1v) is 12.1. The molecule has 27 heavy (non-hydrogen) atoms. The van der Waals surface area contributed by atoms with Crippen molar-refractivity contribution >= 4 is 18.9 Å². The first kappa shape index (κ1) is 21.6. The van der Waals surface area contributed by atoms with E-state index in [2.05, 4.69) is 61.5 Å². The summed E-state index contributed by atoms with van der Waals surface area (Å²) in [5, 5.41) is 2.35. The molecule has 0 saturated heterocycles. The maximum absolute atomic E-state index is 6.64. The minimum absolute atomic E-state index is 0.572. The molecular formula is C24H34O2Si. The van der Waals surface area contributed by atoms with Gasteiger partial charge in [0.25, 0.3) is 0 Å². The second-order valence-electron chi connectivity index (χ2n) is 6.84. The van der Waals surface area contributed by atoms with Gasteiger partial charge in [0.05, 0.1) is 6.61 Å². The lowest BCUT2D eigenvalue weighted by molar-refractivity contribution is 0.203. The van der Waals surface area contributed by atoms with Crippen LogP contribution in [-0.4, -0.2) is 21.8 Å². The number of hydrogen-bond donors (Lipinski definition) is 0. The zero-order valence-corrected chi connectivity index (χ0v) is 17.9. The predicted molar refractivity (Wildman–Crippen MR) is 118 cm³/mol. The van der Waals surface area contributed by atoms with Crippen LogP contribution in [0.3, 0.4) is 0 Å². The van der Waals surface area contributed by atoms with Crippen molar-refractivity contribution in [3.63, 3.8) is 0 Å². The fourth-order valence-electron chi connectivity index (χ4n) is 3.22. The van der Waals surface area contributed by atoms with Crippen LogP contribution in [0.25, 0.3) is 0 Å². The average Bonchev–Trinajstić information content (AvgIpc) is 2.73. The second-order valence-corrected chi connectivity index (χ2v) is 9.81. The summed E-state index contributed by atoms with van der Waals surface area (Å²) in [6.07, 6.45) is 11.6. The number of benzene rings is 2. The highest BCUT2D eigenvalue weighted by Crippen LogP contribution is 2.13. The molecule has 0 aliphatic carbocycles. The number of hydrogen-bond acceptors (Lipinski definition) is 2. The molecule has 146 valence electrons. The highest BCUT2D eigenvalue weighted by Gasteiger charge is 2.42. The van der Waals surface area contributed by atoms with Crippen LogP contribution in [0.1, 0.15) is 52.4 Å². The molecule has 0 spiro atoms. The van der Waals surface area contributed by atoms with E-state index >= 15 is 0 Å². The Labute approximate surface area is 166 Å². The normalized spacial score (nSPS) is 11.9. The van der Waals surface area contributed by atoms with Crippen LogP contribution in [0.2, 0.25) is 0 Å². The van der Waals surface area contributed by atoms with Gasteiger partial charge >= 0.3 is 8.56 Å². The Hall–Kier alpha value is -1.68. The predicted octanol–water partition coefficient (Wildman–Crippen LogP) is 5.21. The molecule has 0 fully saturated rings. The van der Waals surface area contributed by atoms with Crippen LogP contribution in [0.4, 0.5) is 0 Å². The Kier molecular flexibility index (Phi) is 10.1. The van der Waals surface area contributed by atoms with Gasteiger partial charge in [0.1, 0.15) is 0 Å². The van der Waals surface area contributed by atoms with E-state index in [9.17, 15) is 0 Å². The molecule has 3 heteroatoms. The molecule has 0 aromatic heterocycles. The van der Waals surface area contributed by atoms with E-state index in [1.165, 1.54) is 42.5 Å². The lowest BCUT2D eigenvalue weighted by Crippen LogP contribution is -2.63. The maximum atomic E-state index is 6.64. The molecule has 0 aliphatic rings. The van der Waals surface area contributed by atoms with Crippen molar-refractivity contribution in [1.82, 2.24) is 0 Å². The number of rotatable bonds is 13. The van der Waals surface area contributed by atoms with Gasteiger partial charge in [-0.1, -0.05) is 112 Å². The van der Waals surface area contributed by atoms with Gasteiger partial charge in [0, 0.05) is 6.61 Å². The van der Waals surface area contributed by atoms with Crippen LogP contribution in [0, 0.1) is 0 Å². The topological polar surface area (TPSA) is 18.5 Å². The van der Waals surface area contributed by atoms with Gasteiger partial charge in [0.2, 0.25) is 0 Å². The molecule has 2 aromatic rings. The highest BCUT2D eigenvalue weighted by atomic mass is 28.4. The summed E-state index contributed by atoms with van der Waals surface area (Å²) in [6, 6.07) is 21.0. The van der Waals surface area contributed by atoms with Crippen LogP contribution < -0.4 is 10.4 Å². The fourth-order valence-corrected chi connectivity index (χ4v) is 6.33. The number of unbranched alkanes of at least 4 members (excludes halogenated alkanes) is 5. The minimum atomic E-state index is -2.71. The fraction of sp³-hybridized carbons (Fsp3) is 0.417. The molecule has 0 heterocycles. The van der Waals surface area contributed by atoms with E-state index in [1.807, 2.05) is 25.1 Å². The first-order valence-electron chi connectivity index (χ1n) is 10.3. The summed E-state index contributed by atoms with van der Waals surface area (Å²) in [5.74, 6) is 0. The van der Waals surface area contributed by atoms with Crippen LogP contribution in [0.15, 0.2) is 72.8 Å². The zero-order valence-electron chi connectivity index (χ0n) is 16.9. The quantitative estimate of drug-likeness (QED) is 0.269. The molecule has 0 saturated carbocycles. The molecule has 2 nitrogen and oxygen atoms in total. The van der Waals surface area contributed by atoms with Crippen molar-refractivity contribution in [2.24, 2.45) is 0 Å². The van der Waals surface area contributed by atoms with Crippen molar-refractivity contribution in [2.45, 2.75) is 52.4 Å². The average molecular weight is 383 g/mol. The van der Waals surface area contributed by atoms with Gasteiger partial charge in [-0.25, -0.2) is 0 Å². The third-order valence-corrected chi connectivity index (χ3v) is 8.10. The summed E-state index contributed by atoms with van der Waals surface area (Å²) in [5.41, 5.74) is 0. The van der Waals surface area contributed by atoms with Crippen LogP contribution in [-0.2, 0) is 8.85 Å². The standard InChI is InChI=1S/C24H34O2Si/c1-3-5-7-8-9-16-22-26-27(25-21-6-4-2,23-17-12-10-13-18-23)24-19-14-11-15-20-24/h4,6,10-15,17-20H,3,5,7-9,16,21-22H2,1-2H3/b6-4+. The number of allylic oxidation sites excluding steroid dienone is 1. The van der Waals surface area contributed by atoms with Crippen LogP contribution in [0.5, 0.6) is 0 Å². The molecule has 0 amide bonds. The monoisotopic (exact) mass is 382 g/mol. The van der Waals surface area contributed by atoms with E-state index in [4.69, 9.17) is 8.85 Å². The SMILES string of the molecule is C/C=C/CO[Si](OCCCCCCCC)(c1ccccc1)c1ccccc1. The van der Waals surface area contributed by atoms with E-state index in [-0.39, 0.29) is 0 Å². The summed E-state index contributed by atoms with van der Waals surface area (Å²) >= 11 is 0. The van der Waals surface area contributed by atoms with E-state index in [0.29, 0.717) is 6.61 Å². The van der Waals surface area contributed by atoms with Crippen LogP contribution >= 0.6 is 0 Å². The van der Waals surface area contributed by atoms with E-state index < -0.39 is 8.56 Å². The molecule has 0 N–H and O–H groups in total. The van der Waals surface area contributed by atoms with Gasteiger partial charge in [0.15, 0.2) is 0 Å². The van der Waals surface area contributed by atoms with Crippen molar-refractivity contribution in [1.29, 1.82) is 0 Å². The largest absolute Gasteiger partial charge is 0.407 e. The Balaban J connectivity index is 2.17. The molecular weight excluding hydrogens is 348 g/mol. The zero-order chi connectivity index (χ0) is 19.2. The van der Waals surface area contributed by atoms with E-state index in [0.717, 1.165) is 13.0 Å². The summed E-state index contributed by atoms with van der Waals surface area (Å²) in [7, 11) is -2.71. The highest BCUT2D eigenvalue weighted by molar-refractivity contribution is 6.92. The van der Waals surface area contributed by atoms with Crippen molar-refractivity contribution in [3.8, 4) is 0 Å². The van der Waals surface area contributed by atoms with Gasteiger partial charge in [-0.05, 0) is 23.7 Å². The Morgan fingerprint density at radius 1 is 0.741 bits per heavy atom. The third-order valence-electron chi connectivity index (χ3n) is 4.73. The molecule has 0 atom stereocenters. The molecule has 2 aromatic carbocycles. The van der Waals surface area contributed by atoms with Crippen molar-refractivity contribution < 1.29 is 8.85 Å². The van der Waals surface area contributed by atoms with Gasteiger partial charge < -0.3 is 8.85 Å². The van der Waals surface area contributed by atoms with E-state index in [1.54, 1.807) is 0 Å². The minimum Gasteiger partial charge on any atom is -0.388 e. The van der Waals surface area contributed by atoms with Crippen molar-refractivity contribution in [3.05, 3.63) is 72.8 Å². The van der Waals surface area contributed by atoms with Gasteiger partial charge in [-0.3, -0.25) is 0 Å². The van der Waals surface area contributed by atoms with Gasteiger partial charge in [-0.15, -0.1) is 0 Å². The second kappa shape index (κ2) is 12.7. The maximum Gasteiger partial charge on any atom is 0.407 e. The lowest BCUT2D eigenvalue weighted by Gasteiger charge is -2.31. The first-order chi connectivity index (χ1) is 13.3. The lowest BCUT2D eigenvalue weighted by atomic mass is 10.1. The Morgan fingerprint density at radius 3 is 1.85 bits per heavy atom. The smallest absolute Gasteiger partial charge is 0.388 e. The summed E-state index contributed by atoms with van der Waals surface area (Å²) < 4.78 is 13.2. The van der Waals surface area contributed by atoms with Gasteiger partial charge in [-0.2, -0.15) is 0 Å². The summed E-state index contributed by atoms with van der Waals surface area (Å²) in [6.45, 7) is 5.60. The summed E-state index contributed by atoms with van der Waals surface area (Å²) in [4.78, 5) is 0. The molecule has 0 bridgehead atoms.